The number of nitrogens with zero attached hydrogens (tertiary/aromatic N) is 1. The molecule has 0 spiro atoms. The van der Waals surface area contributed by atoms with Crippen molar-refractivity contribution in [3.63, 3.8) is 0 Å². The second kappa shape index (κ2) is 1.51. The van der Waals surface area contributed by atoms with Crippen LogP contribution in [-0.4, -0.2) is 12.6 Å². The molecular formula is C5H8N2. The largest absolute Gasteiger partial charge is 0.312 e. The summed E-state index contributed by atoms with van der Waals surface area (Å²) in [5.74, 6) is 0.278. The van der Waals surface area contributed by atoms with Gasteiger partial charge < -0.3 is 5.32 Å². The van der Waals surface area contributed by atoms with Gasteiger partial charge in [0, 0.05) is 12.6 Å². The molecule has 0 aromatic heterocycles. The van der Waals surface area contributed by atoms with Crippen LogP contribution in [0.1, 0.15) is 6.92 Å². The fraction of sp³-hybridized carbons (Fsp3) is 0.800. The predicted molar refractivity (Wildman–Crippen MR) is 26.6 cm³/mol. The molecule has 1 N–H and O–H groups in total. The lowest BCUT2D eigenvalue weighted by atomic mass is 9.95. The SMILES string of the molecule is C[C@@H]1NC[C@H]1C#N. The molecule has 7 heavy (non-hydrogen) atoms. The zero-order valence-corrected chi connectivity index (χ0v) is 4.31. The van der Waals surface area contributed by atoms with Crippen molar-refractivity contribution in [1.82, 2.24) is 5.32 Å². The fourth-order valence-electron chi connectivity index (χ4n) is 0.629. The summed E-state index contributed by atoms with van der Waals surface area (Å²) in [6.07, 6.45) is 0. The summed E-state index contributed by atoms with van der Waals surface area (Å²) < 4.78 is 0. The van der Waals surface area contributed by atoms with Gasteiger partial charge in [0.15, 0.2) is 0 Å². The van der Waals surface area contributed by atoms with Gasteiger partial charge in [-0.25, -0.2) is 0 Å². The zero-order valence-electron chi connectivity index (χ0n) is 4.31. The van der Waals surface area contributed by atoms with E-state index in [9.17, 15) is 0 Å². The van der Waals surface area contributed by atoms with Gasteiger partial charge in [0.05, 0.1) is 12.0 Å². The minimum Gasteiger partial charge on any atom is -0.312 e. The van der Waals surface area contributed by atoms with Crippen LogP contribution in [0.4, 0.5) is 0 Å². The molecular weight excluding hydrogens is 88.1 g/mol. The third-order valence-corrected chi connectivity index (χ3v) is 1.43. The first kappa shape index (κ1) is 4.61. The highest BCUT2D eigenvalue weighted by molar-refractivity contribution is 4.98. The molecule has 38 valence electrons. The van der Waals surface area contributed by atoms with E-state index in [4.69, 9.17) is 5.26 Å². The molecule has 0 amide bonds. The third-order valence-electron chi connectivity index (χ3n) is 1.43. The number of nitrogens with one attached hydrogen (secondary N) is 1. The molecule has 2 nitrogen and oxygen atoms in total. The Morgan fingerprint density at radius 1 is 1.86 bits per heavy atom. The Kier molecular flexibility index (Phi) is 0.994. The number of hydrogen-bond donors (Lipinski definition) is 1. The highest BCUT2D eigenvalue weighted by Gasteiger charge is 2.24. The van der Waals surface area contributed by atoms with Crippen molar-refractivity contribution >= 4 is 0 Å². The normalized spacial score (nSPS) is 38.9. The second-order valence-electron chi connectivity index (χ2n) is 1.93. The molecule has 1 heterocycles. The summed E-state index contributed by atoms with van der Waals surface area (Å²) in [5, 5.41) is 11.4. The molecule has 0 aromatic rings. The topological polar surface area (TPSA) is 35.8 Å². The molecule has 0 aromatic carbocycles. The van der Waals surface area contributed by atoms with Gasteiger partial charge in [0.2, 0.25) is 0 Å². The van der Waals surface area contributed by atoms with E-state index in [0.717, 1.165) is 6.54 Å². The van der Waals surface area contributed by atoms with Crippen molar-refractivity contribution in [2.45, 2.75) is 13.0 Å². The molecule has 2 atom stereocenters. The van der Waals surface area contributed by atoms with E-state index >= 15 is 0 Å². The van der Waals surface area contributed by atoms with Crippen molar-refractivity contribution in [2.24, 2.45) is 5.92 Å². The van der Waals surface area contributed by atoms with Crippen LogP contribution in [0, 0.1) is 17.2 Å². The Morgan fingerprint density at radius 3 is 2.57 bits per heavy atom. The maximum atomic E-state index is 8.27. The monoisotopic (exact) mass is 96.1 g/mol. The standard InChI is InChI=1S/C5H8N2/c1-4-5(2-6)3-7-4/h4-5,7H,3H2,1H3/t4-,5+/m0/s1. The van der Waals surface area contributed by atoms with E-state index in [-0.39, 0.29) is 5.92 Å². The van der Waals surface area contributed by atoms with Crippen LogP contribution in [0.25, 0.3) is 0 Å². The average molecular weight is 96.1 g/mol. The van der Waals surface area contributed by atoms with Crippen molar-refractivity contribution in [3.8, 4) is 6.07 Å². The molecule has 0 aliphatic carbocycles. The minimum absolute atomic E-state index is 0.278. The molecule has 0 radical (unpaired) electrons. The van der Waals surface area contributed by atoms with Crippen LogP contribution >= 0.6 is 0 Å². The van der Waals surface area contributed by atoms with Crippen LogP contribution in [0.5, 0.6) is 0 Å². The maximum absolute atomic E-state index is 8.27. The molecule has 1 saturated heterocycles. The van der Waals surface area contributed by atoms with Crippen LogP contribution < -0.4 is 5.32 Å². The highest BCUT2D eigenvalue weighted by atomic mass is 15.0. The van der Waals surface area contributed by atoms with E-state index in [2.05, 4.69) is 11.4 Å². The molecule has 0 bridgehead atoms. The Hall–Kier alpha value is -0.550. The molecule has 0 unspecified atom stereocenters. The Bertz CT molecular complexity index is 103. The van der Waals surface area contributed by atoms with Crippen molar-refractivity contribution in [3.05, 3.63) is 0 Å². The van der Waals surface area contributed by atoms with Gasteiger partial charge in [0.25, 0.3) is 0 Å². The van der Waals surface area contributed by atoms with Crippen LogP contribution in [0.3, 0.4) is 0 Å². The lowest BCUT2D eigenvalue weighted by Crippen LogP contribution is -2.49. The predicted octanol–water partition coefficient (Wildman–Crippen LogP) is 0.118. The average Bonchev–Trinajstić information content (AvgIpc) is 1.65. The van der Waals surface area contributed by atoms with Gasteiger partial charge in [-0.1, -0.05) is 0 Å². The third kappa shape index (κ3) is 0.594. The number of rotatable bonds is 0. The number of nitriles is 1. The quantitative estimate of drug-likeness (QED) is 0.465. The van der Waals surface area contributed by atoms with Gasteiger partial charge in [-0.05, 0) is 6.92 Å². The minimum atomic E-state index is 0.278. The van der Waals surface area contributed by atoms with Crippen LogP contribution in [0.15, 0.2) is 0 Å². The molecule has 1 aliphatic heterocycles. The second-order valence-corrected chi connectivity index (χ2v) is 1.93. The Labute approximate surface area is 43.1 Å². The van der Waals surface area contributed by atoms with Crippen LogP contribution in [-0.2, 0) is 0 Å². The molecule has 1 rings (SSSR count). The maximum Gasteiger partial charge on any atom is 0.0738 e. The summed E-state index contributed by atoms with van der Waals surface area (Å²) in [4.78, 5) is 0. The first-order valence-corrected chi connectivity index (χ1v) is 2.47. The smallest absolute Gasteiger partial charge is 0.0738 e. The van der Waals surface area contributed by atoms with Crippen molar-refractivity contribution in [1.29, 1.82) is 5.26 Å². The fourth-order valence-corrected chi connectivity index (χ4v) is 0.629. The summed E-state index contributed by atoms with van der Waals surface area (Å²) in [6.45, 7) is 2.91. The highest BCUT2D eigenvalue weighted by Crippen LogP contribution is 2.09. The van der Waals surface area contributed by atoms with Gasteiger partial charge in [-0.2, -0.15) is 5.26 Å². The summed E-state index contributed by atoms with van der Waals surface area (Å²) in [6, 6.07) is 2.62. The first-order chi connectivity index (χ1) is 3.34. The molecule has 1 fully saturated rings. The van der Waals surface area contributed by atoms with Gasteiger partial charge in [-0.15, -0.1) is 0 Å². The first-order valence-electron chi connectivity index (χ1n) is 2.47. The van der Waals surface area contributed by atoms with E-state index < -0.39 is 0 Å². The van der Waals surface area contributed by atoms with Crippen molar-refractivity contribution in [2.75, 3.05) is 6.54 Å². The molecule has 1 aliphatic rings. The molecule has 0 saturated carbocycles. The van der Waals surface area contributed by atoms with E-state index in [1.165, 1.54) is 0 Å². The number of hydrogen-bond acceptors (Lipinski definition) is 2. The van der Waals surface area contributed by atoms with Gasteiger partial charge in [-0.3, -0.25) is 0 Å². The van der Waals surface area contributed by atoms with E-state index in [0.29, 0.717) is 6.04 Å². The van der Waals surface area contributed by atoms with Crippen molar-refractivity contribution < 1.29 is 0 Å². The van der Waals surface area contributed by atoms with E-state index in [1.807, 2.05) is 6.92 Å². The van der Waals surface area contributed by atoms with E-state index in [1.54, 1.807) is 0 Å². The Balaban J connectivity index is 2.33. The summed E-state index contributed by atoms with van der Waals surface area (Å²) in [5.41, 5.74) is 0. The summed E-state index contributed by atoms with van der Waals surface area (Å²) >= 11 is 0. The van der Waals surface area contributed by atoms with Gasteiger partial charge >= 0.3 is 0 Å². The molecule has 2 heteroatoms. The Morgan fingerprint density at radius 2 is 2.57 bits per heavy atom. The lowest BCUT2D eigenvalue weighted by molar-refractivity contribution is 0.315. The van der Waals surface area contributed by atoms with Crippen LogP contribution in [0.2, 0.25) is 0 Å². The van der Waals surface area contributed by atoms with Gasteiger partial charge in [0.1, 0.15) is 0 Å². The zero-order chi connectivity index (χ0) is 5.28. The lowest BCUT2D eigenvalue weighted by Gasteiger charge is -2.29. The summed E-state index contributed by atoms with van der Waals surface area (Å²) in [7, 11) is 0.